The van der Waals surface area contributed by atoms with Crippen molar-refractivity contribution < 1.29 is 8.42 Å². The standard InChI is InChI=1S/C15H33N3O2S/c1-4-7-16-8-5-6-13-21(19,20)18-11-9-17(10-12-18)14-15(2)3/h15-16H,4-14H2,1-3H3. The van der Waals surface area contributed by atoms with Crippen LogP contribution in [-0.4, -0.2) is 69.2 Å². The maximum atomic E-state index is 12.3. The van der Waals surface area contributed by atoms with E-state index in [1.807, 2.05) is 0 Å². The van der Waals surface area contributed by atoms with Crippen molar-refractivity contribution in [2.45, 2.75) is 40.0 Å². The Hall–Kier alpha value is -0.170. The smallest absolute Gasteiger partial charge is 0.214 e. The monoisotopic (exact) mass is 319 g/mol. The fraction of sp³-hybridized carbons (Fsp3) is 1.00. The number of hydrogen-bond donors (Lipinski definition) is 1. The Morgan fingerprint density at radius 3 is 2.29 bits per heavy atom. The fourth-order valence-corrected chi connectivity index (χ4v) is 4.22. The molecule has 0 aromatic heterocycles. The Kier molecular flexibility index (Phi) is 8.78. The van der Waals surface area contributed by atoms with Crippen molar-refractivity contribution in [1.29, 1.82) is 0 Å². The van der Waals surface area contributed by atoms with E-state index in [1.54, 1.807) is 4.31 Å². The summed E-state index contributed by atoms with van der Waals surface area (Å²) in [5, 5.41) is 3.31. The van der Waals surface area contributed by atoms with E-state index in [2.05, 4.69) is 31.0 Å². The number of nitrogens with zero attached hydrogens (tertiary/aromatic N) is 2. The Morgan fingerprint density at radius 1 is 1.05 bits per heavy atom. The lowest BCUT2D eigenvalue weighted by atomic mass is 10.2. The van der Waals surface area contributed by atoms with E-state index in [-0.39, 0.29) is 0 Å². The second kappa shape index (κ2) is 9.77. The zero-order valence-electron chi connectivity index (χ0n) is 14.0. The molecule has 0 amide bonds. The molecule has 0 saturated carbocycles. The molecule has 0 radical (unpaired) electrons. The minimum Gasteiger partial charge on any atom is -0.317 e. The summed E-state index contributed by atoms with van der Waals surface area (Å²) in [6.45, 7) is 12.6. The van der Waals surface area contributed by atoms with Crippen LogP contribution in [0, 0.1) is 5.92 Å². The van der Waals surface area contributed by atoms with E-state index in [1.165, 1.54) is 0 Å². The molecule has 6 heteroatoms. The summed E-state index contributed by atoms with van der Waals surface area (Å²) in [6, 6.07) is 0. The Bertz CT molecular complexity index is 363. The van der Waals surface area contributed by atoms with Crippen molar-refractivity contribution in [3.63, 3.8) is 0 Å². The van der Waals surface area contributed by atoms with Crippen LogP contribution in [0.1, 0.15) is 40.0 Å². The molecule has 126 valence electrons. The number of piperazine rings is 1. The average molecular weight is 320 g/mol. The summed E-state index contributed by atoms with van der Waals surface area (Å²) in [4.78, 5) is 2.37. The van der Waals surface area contributed by atoms with Gasteiger partial charge >= 0.3 is 0 Å². The second-order valence-corrected chi connectivity index (χ2v) is 8.46. The first-order chi connectivity index (χ1) is 9.95. The van der Waals surface area contributed by atoms with E-state index in [9.17, 15) is 8.42 Å². The fourth-order valence-electron chi connectivity index (χ4n) is 2.67. The number of sulfonamides is 1. The van der Waals surface area contributed by atoms with Gasteiger partial charge in [0.15, 0.2) is 0 Å². The van der Waals surface area contributed by atoms with Gasteiger partial charge < -0.3 is 10.2 Å². The van der Waals surface area contributed by atoms with Crippen LogP contribution in [0.4, 0.5) is 0 Å². The number of rotatable bonds is 10. The third kappa shape index (κ3) is 7.58. The van der Waals surface area contributed by atoms with Crippen molar-refractivity contribution in [3.05, 3.63) is 0 Å². The highest BCUT2D eigenvalue weighted by Gasteiger charge is 2.26. The van der Waals surface area contributed by atoms with E-state index in [0.29, 0.717) is 24.8 Å². The molecule has 0 unspecified atom stereocenters. The van der Waals surface area contributed by atoms with Gasteiger partial charge in [-0.3, -0.25) is 0 Å². The van der Waals surface area contributed by atoms with Crippen molar-refractivity contribution in [3.8, 4) is 0 Å². The molecule has 0 atom stereocenters. The molecule has 0 aliphatic carbocycles. The second-order valence-electron chi connectivity index (χ2n) is 6.37. The molecule has 1 fully saturated rings. The van der Waals surface area contributed by atoms with Crippen LogP contribution < -0.4 is 5.32 Å². The van der Waals surface area contributed by atoms with Gasteiger partial charge in [0, 0.05) is 32.7 Å². The SMILES string of the molecule is CCCNCCCCS(=O)(=O)N1CCN(CC(C)C)CC1. The van der Waals surface area contributed by atoms with Crippen LogP contribution in [0.3, 0.4) is 0 Å². The van der Waals surface area contributed by atoms with Crippen LogP contribution in [-0.2, 0) is 10.0 Å². The highest BCUT2D eigenvalue weighted by molar-refractivity contribution is 7.89. The van der Waals surface area contributed by atoms with Gasteiger partial charge in [0.25, 0.3) is 0 Å². The largest absolute Gasteiger partial charge is 0.317 e. The highest BCUT2D eigenvalue weighted by atomic mass is 32.2. The van der Waals surface area contributed by atoms with Gasteiger partial charge in [-0.15, -0.1) is 0 Å². The summed E-state index contributed by atoms with van der Waals surface area (Å²) in [5.74, 6) is 0.939. The summed E-state index contributed by atoms with van der Waals surface area (Å²) in [5.41, 5.74) is 0. The average Bonchev–Trinajstić information content (AvgIpc) is 2.42. The van der Waals surface area contributed by atoms with Crippen molar-refractivity contribution in [2.75, 3.05) is 51.6 Å². The van der Waals surface area contributed by atoms with Gasteiger partial charge in [0.1, 0.15) is 0 Å². The normalized spacial score (nSPS) is 18.5. The molecule has 1 aliphatic rings. The summed E-state index contributed by atoms with van der Waals surface area (Å²) >= 11 is 0. The third-order valence-electron chi connectivity index (χ3n) is 3.78. The van der Waals surface area contributed by atoms with Gasteiger partial charge in [-0.25, -0.2) is 8.42 Å². The first-order valence-electron chi connectivity index (χ1n) is 8.36. The summed E-state index contributed by atoms with van der Waals surface area (Å²) in [7, 11) is -3.05. The Morgan fingerprint density at radius 2 is 1.71 bits per heavy atom. The molecule has 0 aromatic rings. The van der Waals surface area contributed by atoms with Gasteiger partial charge in [0.2, 0.25) is 10.0 Å². The Labute approximate surface area is 131 Å². The lowest BCUT2D eigenvalue weighted by Gasteiger charge is -2.34. The molecule has 0 spiro atoms. The molecule has 1 aliphatic heterocycles. The highest BCUT2D eigenvalue weighted by Crippen LogP contribution is 2.11. The number of hydrogen-bond acceptors (Lipinski definition) is 4. The van der Waals surface area contributed by atoms with Gasteiger partial charge in [-0.1, -0.05) is 20.8 Å². The van der Waals surface area contributed by atoms with E-state index >= 15 is 0 Å². The number of unbranched alkanes of at least 4 members (excludes halogenated alkanes) is 1. The molecule has 21 heavy (non-hydrogen) atoms. The predicted octanol–water partition coefficient (Wildman–Crippen LogP) is 1.37. The zero-order chi connectivity index (χ0) is 15.7. The molecular formula is C15H33N3O2S. The van der Waals surface area contributed by atoms with Gasteiger partial charge in [-0.05, 0) is 38.3 Å². The topological polar surface area (TPSA) is 52.7 Å². The van der Waals surface area contributed by atoms with Crippen molar-refractivity contribution in [1.82, 2.24) is 14.5 Å². The van der Waals surface area contributed by atoms with Crippen molar-refractivity contribution >= 4 is 10.0 Å². The van der Waals surface area contributed by atoms with Crippen molar-refractivity contribution in [2.24, 2.45) is 5.92 Å². The van der Waals surface area contributed by atoms with Crippen LogP contribution in [0.15, 0.2) is 0 Å². The maximum absolute atomic E-state index is 12.3. The number of nitrogens with one attached hydrogen (secondary N) is 1. The third-order valence-corrected chi connectivity index (χ3v) is 5.74. The van der Waals surface area contributed by atoms with Crippen LogP contribution in [0.5, 0.6) is 0 Å². The molecule has 0 bridgehead atoms. The minimum atomic E-state index is -3.05. The maximum Gasteiger partial charge on any atom is 0.214 e. The molecule has 1 saturated heterocycles. The lowest BCUT2D eigenvalue weighted by molar-refractivity contribution is 0.172. The van der Waals surface area contributed by atoms with E-state index < -0.39 is 10.0 Å². The predicted molar refractivity (Wildman–Crippen MR) is 89.0 cm³/mol. The summed E-state index contributed by atoms with van der Waals surface area (Å²) in [6.07, 6.45) is 2.82. The zero-order valence-corrected chi connectivity index (χ0v) is 14.8. The van der Waals surface area contributed by atoms with Crippen LogP contribution in [0.25, 0.3) is 0 Å². The molecule has 1 N–H and O–H groups in total. The van der Waals surface area contributed by atoms with Gasteiger partial charge in [0.05, 0.1) is 5.75 Å². The molecule has 1 heterocycles. The Balaban J connectivity index is 2.23. The van der Waals surface area contributed by atoms with Gasteiger partial charge in [-0.2, -0.15) is 4.31 Å². The van der Waals surface area contributed by atoms with E-state index in [0.717, 1.165) is 52.0 Å². The van der Waals surface area contributed by atoms with E-state index in [4.69, 9.17) is 0 Å². The van der Waals surface area contributed by atoms with Crippen LogP contribution in [0.2, 0.25) is 0 Å². The lowest BCUT2D eigenvalue weighted by Crippen LogP contribution is -2.49. The molecule has 0 aromatic carbocycles. The van der Waals surface area contributed by atoms with Crippen LogP contribution >= 0.6 is 0 Å². The molecule has 1 rings (SSSR count). The first-order valence-corrected chi connectivity index (χ1v) is 9.97. The first kappa shape index (κ1) is 18.9. The molecular weight excluding hydrogens is 286 g/mol. The quantitative estimate of drug-likeness (QED) is 0.618. The summed E-state index contributed by atoms with van der Waals surface area (Å²) < 4.78 is 26.3. The molecule has 5 nitrogen and oxygen atoms in total. The minimum absolute atomic E-state index is 0.297.